The third-order valence-corrected chi connectivity index (χ3v) is 13.0. The number of benzene rings is 6. The second kappa shape index (κ2) is 23.9. The number of ether oxygens (including phenoxy) is 4. The Morgan fingerprint density at radius 1 is 0.351 bits per heavy atom. The molecule has 19 heteroatoms. The third kappa shape index (κ3) is 12.3. The highest BCUT2D eigenvalue weighted by molar-refractivity contribution is 6.01. The quantitative estimate of drug-likeness (QED) is 0.0340. The number of carbonyl (C=O) groups is 7. The van der Waals surface area contributed by atoms with Crippen molar-refractivity contribution in [1.82, 2.24) is 0 Å². The lowest BCUT2D eigenvalue weighted by Crippen LogP contribution is -2.14. The summed E-state index contributed by atoms with van der Waals surface area (Å²) in [6.07, 6.45) is 0.448. The summed E-state index contributed by atoms with van der Waals surface area (Å²) in [6, 6.07) is 9.34. The van der Waals surface area contributed by atoms with Crippen LogP contribution in [0.1, 0.15) is 150 Å². The summed E-state index contributed by atoms with van der Waals surface area (Å²) in [7, 11) is 1.49. The Balaban J connectivity index is 0.000000249. The molecule has 0 aliphatic rings. The number of aromatic carboxylic acids is 3. The minimum atomic E-state index is -1.30. The zero-order chi connectivity index (χ0) is 58.6. The second-order valence-corrected chi connectivity index (χ2v) is 18.4. The zero-order valence-corrected chi connectivity index (χ0v) is 45.1. The topological polar surface area (TPSA) is 318 Å². The van der Waals surface area contributed by atoms with Crippen molar-refractivity contribution in [1.29, 1.82) is 0 Å². The van der Waals surface area contributed by atoms with Crippen LogP contribution in [0.2, 0.25) is 0 Å². The van der Waals surface area contributed by atoms with Crippen LogP contribution in [0.15, 0.2) is 36.4 Å². The molecule has 406 valence electrons. The van der Waals surface area contributed by atoms with Crippen molar-refractivity contribution in [2.75, 3.05) is 7.11 Å². The SMILES string of the molecule is COc1c(C)c(C)cc(C)c1C(=O)Oc1cc(C)c(C(=O)O)c(O)c1C.Cc1cc(C)c(C(=O)Oc2cc(C)c(C(=O)O)c(O)c2C)c(O)c1C.Cc1cc(C)c(C(=O)Oc2cc(C)c(C(=O)O)c(O)c2C)c(O)c1C=O. The number of hydrogen-bond donors (Lipinski definition) is 8. The fraction of sp³-hybridized carbons (Fsp3) is 0.259. The van der Waals surface area contributed by atoms with Gasteiger partial charge >= 0.3 is 35.8 Å². The van der Waals surface area contributed by atoms with Crippen molar-refractivity contribution in [3.63, 3.8) is 0 Å². The van der Waals surface area contributed by atoms with E-state index in [1.165, 1.54) is 66.9 Å². The highest BCUT2D eigenvalue weighted by atomic mass is 16.5. The first-order valence-electron chi connectivity index (χ1n) is 23.3. The molecule has 0 aliphatic heterocycles. The fourth-order valence-electron chi connectivity index (χ4n) is 8.46. The van der Waals surface area contributed by atoms with Gasteiger partial charge in [0.15, 0.2) is 6.29 Å². The van der Waals surface area contributed by atoms with Gasteiger partial charge in [-0.05, 0) is 176 Å². The molecule has 8 N–H and O–H groups in total. The Hall–Kier alpha value is -9.39. The van der Waals surface area contributed by atoms with Crippen molar-refractivity contribution in [3.05, 3.63) is 153 Å². The summed E-state index contributed by atoms with van der Waals surface area (Å²) in [5.74, 6) is -7.59. The van der Waals surface area contributed by atoms with Crippen LogP contribution in [0, 0.1) is 96.9 Å². The Labute approximate surface area is 443 Å². The van der Waals surface area contributed by atoms with Gasteiger partial charge in [-0.2, -0.15) is 0 Å². The molecule has 6 aromatic rings. The molecular formula is C58H60O19. The summed E-state index contributed by atoms with van der Waals surface area (Å²) in [5, 5.41) is 78.3. The van der Waals surface area contributed by atoms with Crippen LogP contribution in [-0.2, 0) is 0 Å². The molecule has 0 saturated carbocycles. The molecule has 77 heavy (non-hydrogen) atoms. The van der Waals surface area contributed by atoms with Gasteiger partial charge in [-0.1, -0.05) is 18.2 Å². The molecule has 0 atom stereocenters. The standard InChI is InChI=1S/C20H22O6.C19H18O7.C19H20O6/c1-9-7-10(2)16(18(25-6)12(9)4)20(24)26-14-8-11(3)15(19(22)23)17(21)13(14)5;1-8-5-9(2)15(17(22)12(8)7-20)19(25)26-13-6-10(3)14(18(23)24)16(21)11(13)4;1-8-6-9(2)15(16(20)11(8)4)19(24)25-13-7-10(3)14(18(22)23)17(21)12(13)5/h7-8,21H,1-6H3,(H,22,23);5-7,21-22H,1-4H3,(H,23,24);6-7,20-21H,1-5H3,(H,22,23). The van der Waals surface area contributed by atoms with Gasteiger partial charge in [0.2, 0.25) is 0 Å². The normalized spacial score (nSPS) is 10.5. The van der Waals surface area contributed by atoms with Gasteiger partial charge in [0.1, 0.15) is 85.1 Å². The first-order chi connectivity index (χ1) is 35.7. The van der Waals surface area contributed by atoms with Crippen molar-refractivity contribution >= 4 is 42.1 Å². The predicted octanol–water partition coefficient (Wildman–Crippen LogP) is 10.5. The molecule has 0 saturated heterocycles. The molecule has 0 radical (unpaired) electrons. The number of aryl methyl sites for hydroxylation is 9. The second-order valence-electron chi connectivity index (χ2n) is 18.4. The van der Waals surface area contributed by atoms with Gasteiger partial charge in [-0.15, -0.1) is 0 Å². The number of phenols is 5. The summed E-state index contributed by atoms with van der Waals surface area (Å²) in [6.45, 7) is 22.8. The van der Waals surface area contributed by atoms with Crippen LogP contribution in [0.25, 0.3) is 0 Å². The summed E-state index contributed by atoms with van der Waals surface area (Å²) < 4.78 is 21.5. The molecule has 6 aromatic carbocycles. The summed E-state index contributed by atoms with van der Waals surface area (Å²) >= 11 is 0. The average Bonchev–Trinajstić information content (AvgIpc) is 3.31. The number of carboxylic acid groups (broad SMARTS) is 3. The van der Waals surface area contributed by atoms with E-state index < -0.39 is 58.8 Å². The minimum Gasteiger partial charge on any atom is -0.507 e. The van der Waals surface area contributed by atoms with Gasteiger partial charge in [0.05, 0.1) is 12.7 Å². The Bertz CT molecular complexity index is 3470. The van der Waals surface area contributed by atoms with Gasteiger partial charge in [0, 0.05) is 16.7 Å². The molecule has 0 spiro atoms. The summed E-state index contributed by atoms with van der Waals surface area (Å²) in [4.78, 5) is 82.7. The van der Waals surface area contributed by atoms with E-state index in [4.69, 9.17) is 29.2 Å². The number of phenolic OH excluding ortho intramolecular Hbond substituents is 2. The van der Waals surface area contributed by atoms with Gasteiger partial charge in [0.25, 0.3) is 0 Å². The number of carboxylic acids is 3. The molecule has 0 unspecified atom stereocenters. The van der Waals surface area contributed by atoms with Crippen LogP contribution in [-0.4, -0.2) is 90.1 Å². The van der Waals surface area contributed by atoms with Crippen molar-refractivity contribution in [2.24, 2.45) is 0 Å². The smallest absolute Gasteiger partial charge is 0.347 e. The fourth-order valence-corrected chi connectivity index (χ4v) is 8.46. The number of rotatable bonds is 11. The number of methoxy groups -OCH3 is 1. The molecular weight excluding hydrogens is 1000 g/mol. The maximum atomic E-state index is 12.8. The molecule has 0 aliphatic carbocycles. The predicted molar refractivity (Wildman–Crippen MR) is 281 cm³/mol. The van der Waals surface area contributed by atoms with E-state index in [-0.39, 0.29) is 84.2 Å². The minimum absolute atomic E-state index is 0.0143. The first-order valence-corrected chi connectivity index (χ1v) is 23.3. The van der Waals surface area contributed by atoms with E-state index in [1.807, 2.05) is 26.8 Å². The number of hydrogen-bond acceptors (Lipinski definition) is 16. The van der Waals surface area contributed by atoms with Crippen molar-refractivity contribution < 1.29 is 93.4 Å². The summed E-state index contributed by atoms with van der Waals surface area (Å²) in [5.41, 5.74) is 6.05. The number of aromatic hydroxyl groups is 5. The molecule has 0 amide bonds. The van der Waals surface area contributed by atoms with Crippen LogP contribution in [0.4, 0.5) is 0 Å². The highest BCUT2D eigenvalue weighted by Crippen LogP contribution is 2.39. The third-order valence-electron chi connectivity index (χ3n) is 13.0. The van der Waals surface area contributed by atoms with Gasteiger partial charge < -0.3 is 59.8 Å². The van der Waals surface area contributed by atoms with Crippen LogP contribution in [0.3, 0.4) is 0 Å². The first kappa shape index (κ1) is 60.2. The molecule has 0 aromatic heterocycles. The maximum absolute atomic E-state index is 12.8. The van der Waals surface area contributed by atoms with Crippen molar-refractivity contribution in [2.45, 2.75) is 96.9 Å². The lowest BCUT2D eigenvalue weighted by atomic mass is 9.98. The van der Waals surface area contributed by atoms with Gasteiger partial charge in [-0.25, -0.2) is 28.8 Å². The Kier molecular flexibility index (Phi) is 18.6. The zero-order valence-electron chi connectivity index (χ0n) is 45.1. The lowest BCUT2D eigenvalue weighted by molar-refractivity contribution is 0.0680. The monoisotopic (exact) mass is 1060 g/mol. The van der Waals surface area contributed by atoms with Crippen LogP contribution >= 0.6 is 0 Å². The Morgan fingerprint density at radius 2 is 0.623 bits per heavy atom. The largest absolute Gasteiger partial charge is 0.507 e. The number of aldehydes is 1. The lowest BCUT2D eigenvalue weighted by Gasteiger charge is -2.17. The van der Waals surface area contributed by atoms with Crippen molar-refractivity contribution in [3.8, 4) is 51.7 Å². The van der Waals surface area contributed by atoms with E-state index in [0.29, 0.717) is 51.0 Å². The van der Waals surface area contributed by atoms with Crippen LogP contribution < -0.4 is 18.9 Å². The van der Waals surface area contributed by atoms with E-state index in [2.05, 4.69) is 0 Å². The molecule has 0 heterocycles. The Morgan fingerprint density at radius 3 is 0.948 bits per heavy atom. The maximum Gasteiger partial charge on any atom is 0.347 e. The van der Waals surface area contributed by atoms with Crippen LogP contribution in [0.5, 0.6) is 51.7 Å². The highest BCUT2D eigenvalue weighted by Gasteiger charge is 2.28. The van der Waals surface area contributed by atoms with Gasteiger partial charge in [-0.3, -0.25) is 4.79 Å². The number of esters is 3. The van der Waals surface area contributed by atoms with E-state index in [1.54, 1.807) is 46.8 Å². The molecule has 6 rings (SSSR count). The number of carbonyl (C=O) groups excluding carboxylic acids is 4. The average molecular weight is 1060 g/mol. The molecule has 0 fully saturated rings. The van der Waals surface area contributed by atoms with E-state index >= 15 is 0 Å². The van der Waals surface area contributed by atoms with E-state index in [0.717, 1.165) is 16.7 Å². The van der Waals surface area contributed by atoms with E-state index in [9.17, 15) is 64.2 Å². The molecule has 0 bridgehead atoms. The molecule has 19 nitrogen and oxygen atoms in total.